The Hall–Kier alpha value is 0.390. The first-order chi connectivity index (χ1) is 10.7. The highest BCUT2D eigenvalue weighted by Crippen LogP contribution is 2.61. The van der Waals surface area contributed by atoms with Crippen LogP contribution in [0.1, 0.15) is 86.0 Å². The van der Waals surface area contributed by atoms with E-state index in [1.54, 1.807) is 24.6 Å². The molecule has 0 saturated heterocycles. The lowest BCUT2D eigenvalue weighted by Crippen LogP contribution is -2.24. The quantitative estimate of drug-likeness (QED) is 0.230. The van der Waals surface area contributed by atoms with Gasteiger partial charge < -0.3 is 4.90 Å². The molecule has 0 aliphatic carbocycles. The minimum atomic E-state index is -0.641. The van der Waals surface area contributed by atoms with Crippen molar-refractivity contribution in [3.63, 3.8) is 0 Å². The zero-order valence-electron chi connectivity index (χ0n) is 16.5. The van der Waals surface area contributed by atoms with Crippen LogP contribution in [0.4, 0.5) is 0 Å². The van der Waals surface area contributed by atoms with Crippen molar-refractivity contribution in [2.75, 3.05) is 44.3 Å². The molecule has 0 amide bonds. The Labute approximate surface area is 143 Å². The van der Waals surface area contributed by atoms with Crippen molar-refractivity contribution in [1.29, 1.82) is 0 Å². The molecule has 0 aliphatic heterocycles. The molecule has 0 aromatic carbocycles. The van der Waals surface area contributed by atoms with Crippen LogP contribution in [0.2, 0.25) is 0 Å². The summed E-state index contributed by atoms with van der Waals surface area (Å²) >= 11 is 0. The molecule has 0 rings (SSSR count). The van der Waals surface area contributed by atoms with Crippen LogP contribution in [0.25, 0.3) is 0 Å². The molecule has 0 spiro atoms. The fourth-order valence-electron chi connectivity index (χ4n) is 3.47. The summed E-state index contributed by atoms with van der Waals surface area (Å²) in [4.78, 5) is 2.59. The molecule has 22 heavy (non-hydrogen) atoms. The van der Waals surface area contributed by atoms with E-state index in [0.29, 0.717) is 0 Å². The van der Waals surface area contributed by atoms with Gasteiger partial charge in [0.05, 0.1) is 24.6 Å². The van der Waals surface area contributed by atoms with Gasteiger partial charge in [-0.15, -0.1) is 0 Å². The molecule has 134 valence electrons. The summed E-state index contributed by atoms with van der Waals surface area (Å²) in [5, 5.41) is 0. The van der Waals surface area contributed by atoms with Gasteiger partial charge in [0.2, 0.25) is 0 Å². The van der Waals surface area contributed by atoms with Gasteiger partial charge in [-0.25, -0.2) is 0 Å². The zero-order valence-corrected chi connectivity index (χ0v) is 17.4. The molecule has 0 aromatic rings. The van der Waals surface area contributed by atoms with E-state index in [-0.39, 0.29) is 0 Å². The molecular weight excluding hydrogens is 285 g/mol. The van der Waals surface area contributed by atoms with Gasteiger partial charge in [0.15, 0.2) is 0 Å². The van der Waals surface area contributed by atoms with Crippen molar-refractivity contribution in [3.05, 3.63) is 0 Å². The van der Waals surface area contributed by atoms with Crippen molar-refractivity contribution in [2.45, 2.75) is 86.0 Å². The lowest BCUT2D eigenvalue weighted by molar-refractivity contribution is 0.299. The summed E-state index contributed by atoms with van der Waals surface area (Å²) in [6.07, 6.45) is 17.9. The fourth-order valence-corrected chi connectivity index (χ4v) is 8.67. The Bertz CT molecular complexity index is 204. The molecule has 2 heteroatoms. The van der Waals surface area contributed by atoms with E-state index in [2.05, 4.69) is 39.5 Å². The molecule has 0 aliphatic rings. The Morgan fingerprint density at radius 3 is 1.32 bits per heavy atom. The van der Waals surface area contributed by atoms with E-state index < -0.39 is 7.26 Å². The van der Waals surface area contributed by atoms with E-state index >= 15 is 0 Å². The third-order valence-corrected chi connectivity index (χ3v) is 10.3. The van der Waals surface area contributed by atoms with Crippen molar-refractivity contribution in [2.24, 2.45) is 0 Å². The molecule has 0 aromatic heterocycles. The molecule has 0 N–H and O–H groups in total. The van der Waals surface area contributed by atoms with Gasteiger partial charge in [0.25, 0.3) is 0 Å². The smallest absolute Gasteiger partial charge is 0.0594 e. The maximum Gasteiger partial charge on any atom is 0.0594 e. The maximum absolute atomic E-state index is 2.59. The lowest BCUT2D eigenvalue weighted by Gasteiger charge is -2.28. The molecule has 0 saturated carbocycles. The van der Waals surface area contributed by atoms with E-state index in [0.717, 1.165) is 0 Å². The summed E-state index contributed by atoms with van der Waals surface area (Å²) in [6.45, 7) is 15.5. The monoisotopic (exact) mass is 330 g/mol. The average Bonchev–Trinajstić information content (AvgIpc) is 2.56. The van der Waals surface area contributed by atoms with Gasteiger partial charge in [-0.05, 0) is 51.7 Å². The summed E-state index contributed by atoms with van der Waals surface area (Å²) in [5.74, 6) is 0. The molecule has 0 heterocycles. The highest BCUT2D eigenvalue weighted by molar-refractivity contribution is 7.75. The van der Waals surface area contributed by atoms with Gasteiger partial charge in [0, 0.05) is 7.26 Å². The first-order valence-electron chi connectivity index (χ1n) is 10.2. The number of unbranched alkanes of at least 4 members (excludes halogenated alkanes) is 4. The second kappa shape index (κ2) is 14.9. The Kier molecular flexibility index (Phi) is 15.2. The van der Waals surface area contributed by atoms with Crippen LogP contribution in [0.5, 0.6) is 0 Å². The number of nitrogens with zero attached hydrogens (tertiary/aromatic N) is 1. The molecular formula is C20H45NP+. The van der Waals surface area contributed by atoms with Crippen LogP contribution >= 0.6 is 7.26 Å². The normalized spacial score (nSPS) is 12.3. The number of rotatable bonds is 16. The van der Waals surface area contributed by atoms with Crippen molar-refractivity contribution in [1.82, 2.24) is 4.90 Å². The van der Waals surface area contributed by atoms with Gasteiger partial charge >= 0.3 is 0 Å². The van der Waals surface area contributed by atoms with E-state index in [4.69, 9.17) is 0 Å². The van der Waals surface area contributed by atoms with Crippen molar-refractivity contribution < 1.29 is 0 Å². The lowest BCUT2D eigenvalue weighted by atomic mass is 10.3. The van der Waals surface area contributed by atoms with Crippen LogP contribution in [0, 0.1) is 0 Å². The van der Waals surface area contributed by atoms with Gasteiger partial charge in [-0.3, -0.25) is 0 Å². The summed E-state index contributed by atoms with van der Waals surface area (Å²) in [5.41, 5.74) is 0. The minimum absolute atomic E-state index is 0.641. The Balaban J connectivity index is 4.44. The molecule has 0 atom stereocenters. The van der Waals surface area contributed by atoms with Crippen LogP contribution in [-0.2, 0) is 0 Å². The second-order valence-electron chi connectivity index (χ2n) is 7.03. The van der Waals surface area contributed by atoms with Gasteiger partial charge in [-0.2, -0.15) is 0 Å². The second-order valence-corrected chi connectivity index (χ2v) is 11.5. The van der Waals surface area contributed by atoms with Crippen molar-refractivity contribution in [3.8, 4) is 0 Å². The third kappa shape index (κ3) is 10.2. The first-order valence-corrected chi connectivity index (χ1v) is 12.8. The summed E-state index contributed by atoms with van der Waals surface area (Å²) in [6, 6.07) is 0. The first kappa shape index (κ1) is 22.4. The van der Waals surface area contributed by atoms with E-state index in [1.807, 2.05) is 0 Å². The topological polar surface area (TPSA) is 3.24 Å². The molecule has 0 radical (unpaired) electrons. The SMILES string of the molecule is CCCC[P+](CCCC)(CCCC)CCCCN(CC)CC. The molecule has 0 fully saturated rings. The summed E-state index contributed by atoms with van der Waals surface area (Å²) < 4.78 is 0. The largest absolute Gasteiger partial charge is 0.304 e. The van der Waals surface area contributed by atoms with Crippen LogP contribution < -0.4 is 0 Å². The molecule has 1 nitrogen and oxygen atoms in total. The average molecular weight is 331 g/mol. The predicted molar refractivity (Wildman–Crippen MR) is 108 cm³/mol. The standard InChI is InChI=1S/C20H45NP/c1-6-11-17-22(18-12-7-2,19-13-8-3)20-15-14-16-21(9-4)10-5/h6-20H2,1-5H3/q+1. The minimum Gasteiger partial charge on any atom is -0.304 e. The highest BCUT2D eigenvalue weighted by atomic mass is 31.2. The van der Waals surface area contributed by atoms with E-state index in [1.165, 1.54) is 71.0 Å². The number of hydrogen-bond acceptors (Lipinski definition) is 1. The zero-order chi connectivity index (χ0) is 16.7. The van der Waals surface area contributed by atoms with Crippen molar-refractivity contribution >= 4 is 7.26 Å². The third-order valence-electron chi connectivity index (χ3n) is 5.21. The van der Waals surface area contributed by atoms with E-state index in [9.17, 15) is 0 Å². The van der Waals surface area contributed by atoms with Crippen LogP contribution in [-0.4, -0.2) is 49.2 Å². The van der Waals surface area contributed by atoms with Gasteiger partial charge in [0.1, 0.15) is 0 Å². The maximum atomic E-state index is 2.59. The van der Waals surface area contributed by atoms with Crippen LogP contribution in [0.15, 0.2) is 0 Å². The fraction of sp³-hybridized carbons (Fsp3) is 1.00. The Morgan fingerprint density at radius 2 is 0.955 bits per heavy atom. The van der Waals surface area contributed by atoms with Gasteiger partial charge in [-0.1, -0.05) is 53.9 Å². The summed E-state index contributed by atoms with van der Waals surface area (Å²) in [7, 11) is -0.641. The molecule has 0 unspecified atom stereocenters. The van der Waals surface area contributed by atoms with Crippen LogP contribution in [0.3, 0.4) is 0 Å². The number of hydrogen-bond donors (Lipinski definition) is 0. The highest BCUT2D eigenvalue weighted by Gasteiger charge is 2.34. The molecule has 0 bridgehead atoms. The predicted octanol–water partition coefficient (Wildman–Crippen LogP) is 6.53. The Morgan fingerprint density at radius 1 is 0.545 bits per heavy atom.